The zero-order chi connectivity index (χ0) is 15.4. The fourth-order valence-electron chi connectivity index (χ4n) is 2.05. The van der Waals surface area contributed by atoms with Gasteiger partial charge in [-0.2, -0.15) is 0 Å². The molecule has 6 heteroatoms. The highest BCUT2D eigenvalue weighted by atomic mass is 127. The Morgan fingerprint density at radius 2 is 2.18 bits per heavy atom. The van der Waals surface area contributed by atoms with Crippen molar-refractivity contribution in [2.75, 3.05) is 3.53 Å². The number of phenolic OH excluding ortho intramolecular Hbond substituents is 1. The normalized spacial score (nSPS) is 11.3. The Labute approximate surface area is 146 Å². The van der Waals surface area contributed by atoms with Crippen LogP contribution in [0.25, 0.3) is 16.3 Å². The van der Waals surface area contributed by atoms with Crippen LogP contribution >= 0.6 is 34.2 Å². The molecule has 0 bridgehead atoms. The monoisotopic (exact) mass is 423 g/mol. The molecule has 0 aliphatic carbocycles. The highest BCUT2D eigenvalue weighted by Gasteiger charge is 2.03. The van der Waals surface area contributed by atoms with Crippen LogP contribution in [0.15, 0.2) is 42.6 Å². The lowest BCUT2D eigenvalue weighted by Gasteiger charge is -1.97. The molecule has 0 atom stereocenters. The number of nitrogens with zero attached hydrogens (tertiary/aromatic N) is 2. The smallest absolute Gasteiger partial charge is 0.134 e. The number of hydrogen-bond donors (Lipinski definition) is 2. The first-order chi connectivity index (χ1) is 10.7. The summed E-state index contributed by atoms with van der Waals surface area (Å²) < 4.78 is 4.00. The molecule has 0 aliphatic heterocycles. The average Bonchev–Trinajstić information content (AvgIpc) is 2.94. The van der Waals surface area contributed by atoms with E-state index in [1.807, 2.05) is 24.4 Å². The number of hydrogen-bond acceptors (Lipinski definition) is 5. The van der Waals surface area contributed by atoms with Gasteiger partial charge in [-0.3, -0.25) is 0 Å². The number of aromatic nitrogens is 2. The first kappa shape index (κ1) is 15.2. The van der Waals surface area contributed by atoms with Crippen LogP contribution in [0.4, 0.5) is 5.82 Å². The van der Waals surface area contributed by atoms with Gasteiger partial charge >= 0.3 is 0 Å². The summed E-state index contributed by atoms with van der Waals surface area (Å²) in [5.74, 6) is 1.15. The maximum absolute atomic E-state index is 9.47. The third-order valence-corrected chi connectivity index (χ3v) is 4.77. The van der Waals surface area contributed by atoms with E-state index in [-0.39, 0.29) is 0 Å². The Hall–Kier alpha value is -1.67. The quantitative estimate of drug-likeness (QED) is 0.457. The van der Waals surface area contributed by atoms with Gasteiger partial charge in [0.15, 0.2) is 0 Å². The molecule has 0 spiro atoms. The van der Waals surface area contributed by atoms with Crippen molar-refractivity contribution in [2.24, 2.45) is 0 Å². The van der Waals surface area contributed by atoms with Gasteiger partial charge in [0, 0.05) is 12.6 Å². The lowest BCUT2D eigenvalue weighted by atomic mass is 10.2. The second kappa shape index (κ2) is 7.06. The molecule has 22 heavy (non-hydrogen) atoms. The van der Waals surface area contributed by atoms with Crippen LogP contribution in [-0.4, -0.2) is 15.1 Å². The number of halogens is 1. The van der Waals surface area contributed by atoms with Crippen molar-refractivity contribution >= 4 is 56.3 Å². The van der Waals surface area contributed by atoms with Gasteiger partial charge in [-0.05, 0) is 42.3 Å². The molecule has 3 rings (SSSR count). The Balaban J connectivity index is 1.60. The van der Waals surface area contributed by atoms with E-state index >= 15 is 0 Å². The standard InChI is InChI=1S/C16H14IN3OS/c17-20-15-8-5-11(10-18-15)3-1-2-4-16-19-13-7-6-12(21)9-14(13)22-16/h1,3,5-10,21H,2,4H2,(H,18,20)/b3-1+. The lowest BCUT2D eigenvalue weighted by molar-refractivity contribution is 0.476. The van der Waals surface area contributed by atoms with E-state index in [1.165, 1.54) is 0 Å². The number of phenols is 1. The predicted octanol–water partition coefficient (Wildman–Crippen LogP) is 4.80. The van der Waals surface area contributed by atoms with E-state index in [9.17, 15) is 5.11 Å². The van der Waals surface area contributed by atoms with Gasteiger partial charge in [0.25, 0.3) is 0 Å². The molecule has 0 unspecified atom stereocenters. The van der Waals surface area contributed by atoms with Crippen molar-refractivity contribution in [3.05, 3.63) is 53.2 Å². The molecule has 1 aromatic carbocycles. The Kier molecular flexibility index (Phi) is 4.89. The predicted molar refractivity (Wildman–Crippen MR) is 101 cm³/mol. The van der Waals surface area contributed by atoms with E-state index in [2.05, 4.69) is 48.5 Å². The highest BCUT2D eigenvalue weighted by molar-refractivity contribution is 14.1. The number of nitrogens with one attached hydrogen (secondary N) is 1. The zero-order valence-electron chi connectivity index (χ0n) is 11.7. The molecule has 0 fully saturated rings. The van der Waals surface area contributed by atoms with Crippen molar-refractivity contribution in [3.63, 3.8) is 0 Å². The summed E-state index contributed by atoms with van der Waals surface area (Å²) in [5, 5.41) is 10.6. The largest absolute Gasteiger partial charge is 0.508 e. The molecule has 112 valence electrons. The van der Waals surface area contributed by atoms with Crippen LogP contribution in [0.1, 0.15) is 17.0 Å². The Bertz CT molecular complexity index is 799. The maximum Gasteiger partial charge on any atom is 0.134 e. The number of rotatable bonds is 5. The Morgan fingerprint density at radius 3 is 2.95 bits per heavy atom. The van der Waals surface area contributed by atoms with Gasteiger partial charge in [-0.25, -0.2) is 9.97 Å². The van der Waals surface area contributed by atoms with Crippen molar-refractivity contribution < 1.29 is 5.11 Å². The van der Waals surface area contributed by atoms with E-state index in [4.69, 9.17) is 0 Å². The maximum atomic E-state index is 9.47. The summed E-state index contributed by atoms with van der Waals surface area (Å²) in [5.41, 5.74) is 2.04. The first-order valence-corrected chi connectivity index (χ1v) is 8.72. The molecule has 0 amide bonds. The number of anilines is 1. The van der Waals surface area contributed by atoms with E-state index in [1.54, 1.807) is 23.5 Å². The van der Waals surface area contributed by atoms with Gasteiger partial charge in [-0.1, -0.05) is 12.2 Å². The van der Waals surface area contributed by atoms with E-state index in [0.29, 0.717) is 5.75 Å². The van der Waals surface area contributed by atoms with Crippen LogP contribution in [0.2, 0.25) is 0 Å². The first-order valence-electron chi connectivity index (χ1n) is 6.82. The van der Waals surface area contributed by atoms with Crippen molar-refractivity contribution in [1.29, 1.82) is 0 Å². The fraction of sp³-hybridized carbons (Fsp3) is 0.125. The number of thiazole rings is 1. The number of benzene rings is 1. The summed E-state index contributed by atoms with van der Waals surface area (Å²) in [6, 6.07) is 9.28. The summed E-state index contributed by atoms with van der Waals surface area (Å²) >= 11 is 3.70. The molecule has 3 aromatic rings. The summed E-state index contributed by atoms with van der Waals surface area (Å²) in [7, 11) is 0. The summed E-state index contributed by atoms with van der Waals surface area (Å²) in [6.45, 7) is 0. The molecular formula is C16H14IN3OS. The second-order valence-corrected chi connectivity index (χ2v) is 6.43. The van der Waals surface area contributed by atoms with Gasteiger partial charge in [0.05, 0.1) is 38.1 Å². The molecular weight excluding hydrogens is 409 g/mol. The van der Waals surface area contributed by atoms with Crippen molar-refractivity contribution in [2.45, 2.75) is 12.8 Å². The molecule has 2 N–H and O–H groups in total. The van der Waals surface area contributed by atoms with Crippen LogP contribution in [0.5, 0.6) is 5.75 Å². The number of aromatic hydroxyl groups is 1. The number of pyridine rings is 1. The number of fused-ring (bicyclic) bond motifs is 1. The van der Waals surface area contributed by atoms with Crippen LogP contribution in [0.3, 0.4) is 0 Å². The van der Waals surface area contributed by atoms with Crippen molar-refractivity contribution in [3.8, 4) is 5.75 Å². The Morgan fingerprint density at radius 1 is 1.27 bits per heavy atom. The minimum atomic E-state index is 0.291. The fourth-order valence-corrected chi connectivity index (χ4v) is 3.39. The van der Waals surface area contributed by atoms with Crippen molar-refractivity contribution in [1.82, 2.24) is 9.97 Å². The van der Waals surface area contributed by atoms with E-state index < -0.39 is 0 Å². The molecule has 4 nitrogen and oxygen atoms in total. The molecule has 0 radical (unpaired) electrons. The topological polar surface area (TPSA) is 58.0 Å². The molecule has 0 saturated carbocycles. The van der Waals surface area contributed by atoms with Crippen LogP contribution < -0.4 is 3.53 Å². The summed E-state index contributed by atoms with van der Waals surface area (Å²) in [6.07, 6.45) is 7.88. The zero-order valence-corrected chi connectivity index (χ0v) is 14.6. The van der Waals surface area contributed by atoms with Gasteiger partial charge in [0.2, 0.25) is 0 Å². The summed E-state index contributed by atoms with van der Waals surface area (Å²) in [4.78, 5) is 8.84. The van der Waals surface area contributed by atoms with Gasteiger partial charge < -0.3 is 8.64 Å². The second-order valence-electron chi connectivity index (χ2n) is 4.77. The third-order valence-electron chi connectivity index (χ3n) is 3.13. The molecule has 2 heterocycles. The third kappa shape index (κ3) is 3.75. The van der Waals surface area contributed by atoms with E-state index in [0.717, 1.165) is 39.4 Å². The molecule has 2 aromatic heterocycles. The minimum Gasteiger partial charge on any atom is -0.508 e. The number of aryl methyl sites for hydroxylation is 1. The molecule has 0 aliphatic rings. The highest BCUT2D eigenvalue weighted by Crippen LogP contribution is 2.26. The van der Waals surface area contributed by atoms with Crippen LogP contribution in [0, 0.1) is 0 Å². The SMILES string of the molecule is Oc1ccc2nc(CC/C=C/c3ccc(NI)nc3)sc2c1. The minimum absolute atomic E-state index is 0.291. The average molecular weight is 423 g/mol. The van der Waals surface area contributed by atoms with Gasteiger partial charge in [0.1, 0.15) is 11.6 Å². The van der Waals surface area contributed by atoms with Crippen LogP contribution in [-0.2, 0) is 6.42 Å². The lowest BCUT2D eigenvalue weighted by Crippen LogP contribution is -1.84. The molecule has 0 saturated heterocycles. The van der Waals surface area contributed by atoms with Gasteiger partial charge in [-0.15, -0.1) is 11.3 Å². The number of allylic oxidation sites excluding steroid dienone is 1.